The summed E-state index contributed by atoms with van der Waals surface area (Å²) in [5.74, 6) is -0.0152. The van der Waals surface area contributed by atoms with Crippen LogP contribution in [0.3, 0.4) is 0 Å². The fraction of sp³-hybridized carbons (Fsp3) is 0.0588. The van der Waals surface area contributed by atoms with E-state index in [-0.39, 0.29) is 6.42 Å². The second-order valence-corrected chi connectivity index (χ2v) is 6.00. The molecule has 2 aromatic carbocycles. The molecule has 0 saturated carbocycles. The highest BCUT2D eigenvalue weighted by Crippen LogP contribution is 2.38. The highest BCUT2D eigenvalue weighted by Gasteiger charge is 2.20. The van der Waals surface area contributed by atoms with E-state index in [9.17, 15) is 4.79 Å². The maximum absolute atomic E-state index is 12.3. The van der Waals surface area contributed by atoms with Crippen molar-refractivity contribution in [2.24, 2.45) is 0 Å². The number of para-hydroxylation sites is 1. The topological polar surface area (TPSA) is 50.1 Å². The lowest BCUT2D eigenvalue weighted by atomic mass is 10.1. The predicted octanol–water partition coefficient (Wildman–Crippen LogP) is 4.84. The zero-order chi connectivity index (χ0) is 15.5. The molecule has 1 heterocycles. The quantitative estimate of drug-likeness (QED) is 0.511. The molecule has 0 amide bonds. The van der Waals surface area contributed by atoms with Crippen molar-refractivity contribution in [1.82, 2.24) is 0 Å². The molecule has 0 spiro atoms. The van der Waals surface area contributed by atoms with Gasteiger partial charge in [0.1, 0.15) is 10.6 Å². The minimum atomic E-state index is -0.486. The van der Waals surface area contributed by atoms with Gasteiger partial charge in [-0.2, -0.15) is 5.26 Å². The number of carbonyl (C=O) groups excluding carboxylic acids is 1. The van der Waals surface area contributed by atoms with Crippen LogP contribution >= 0.6 is 22.9 Å². The summed E-state index contributed by atoms with van der Waals surface area (Å²) < 4.78 is 6.21. The van der Waals surface area contributed by atoms with Crippen molar-refractivity contribution in [1.29, 1.82) is 5.26 Å². The molecule has 0 radical (unpaired) electrons. The Morgan fingerprint density at radius 1 is 1.18 bits per heavy atom. The van der Waals surface area contributed by atoms with Gasteiger partial charge in [0.2, 0.25) is 0 Å². The number of thiophene rings is 1. The number of esters is 1. The van der Waals surface area contributed by atoms with Crippen LogP contribution in [0.25, 0.3) is 10.1 Å². The molecule has 0 aliphatic heterocycles. The van der Waals surface area contributed by atoms with Gasteiger partial charge in [-0.05, 0) is 23.8 Å². The standard InChI is InChI=1S/C17H10ClNO2S/c18-15-14-11(9-10-19)5-4-8-13(14)22-16(15)17(20)21-12-6-2-1-3-7-12/h1-8H,9H2. The fourth-order valence-corrected chi connectivity index (χ4v) is 3.68. The molecule has 1 aromatic heterocycles. The Bertz CT molecular complexity index is 881. The number of halogens is 1. The van der Waals surface area contributed by atoms with Crippen molar-refractivity contribution in [3.05, 3.63) is 64.0 Å². The second kappa shape index (κ2) is 6.18. The molecule has 108 valence electrons. The van der Waals surface area contributed by atoms with E-state index in [1.807, 2.05) is 24.3 Å². The largest absolute Gasteiger partial charge is 0.422 e. The Hall–Kier alpha value is -2.35. The molecule has 0 fully saturated rings. The van der Waals surface area contributed by atoms with Crippen molar-refractivity contribution in [3.63, 3.8) is 0 Å². The monoisotopic (exact) mass is 327 g/mol. The molecule has 0 aliphatic carbocycles. The van der Waals surface area contributed by atoms with Crippen LogP contribution in [-0.4, -0.2) is 5.97 Å². The average Bonchev–Trinajstić information content (AvgIpc) is 2.87. The van der Waals surface area contributed by atoms with Crippen molar-refractivity contribution in [3.8, 4) is 11.8 Å². The van der Waals surface area contributed by atoms with E-state index in [0.717, 1.165) is 15.6 Å². The van der Waals surface area contributed by atoms with E-state index < -0.39 is 5.97 Å². The highest BCUT2D eigenvalue weighted by atomic mass is 35.5. The maximum atomic E-state index is 12.3. The molecule has 0 aliphatic rings. The lowest BCUT2D eigenvalue weighted by Crippen LogP contribution is -2.06. The molecule has 3 rings (SSSR count). The lowest BCUT2D eigenvalue weighted by molar-refractivity contribution is 0.0740. The molecule has 3 nitrogen and oxygen atoms in total. The molecule has 0 saturated heterocycles. The fourth-order valence-electron chi connectivity index (χ4n) is 2.18. The number of nitrogens with zero attached hydrogens (tertiary/aromatic N) is 1. The number of ether oxygens (including phenoxy) is 1. The number of carbonyl (C=O) groups is 1. The lowest BCUT2D eigenvalue weighted by Gasteiger charge is -2.02. The SMILES string of the molecule is N#CCc1cccc2sc(C(=O)Oc3ccccc3)c(Cl)c12. The van der Waals surface area contributed by atoms with Gasteiger partial charge >= 0.3 is 5.97 Å². The van der Waals surface area contributed by atoms with Crippen LogP contribution in [0.15, 0.2) is 48.5 Å². The van der Waals surface area contributed by atoms with E-state index in [4.69, 9.17) is 21.6 Å². The van der Waals surface area contributed by atoms with Crippen LogP contribution in [0.2, 0.25) is 5.02 Å². The van der Waals surface area contributed by atoms with Crippen LogP contribution in [-0.2, 0) is 6.42 Å². The third kappa shape index (κ3) is 2.69. The van der Waals surface area contributed by atoms with E-state index in [1.165, 1.54) is 11.3 Å². The molecule has 3 aromatic rings. The normalized spacial score (nSPS) is 10.4. The van der Waals surface area contributed by atoms with Gasteiger partial charge in [-0.25, -0.2) is 4.79 Å². The Labute approximate surface area is 136 Å². The zero-order valence-electron chi connectivity index (χ0n) is 11.4. The number of benzene rings is 2. The minimum Gasteiger partial charge on any atom is -0.422 e. The van der Waals surface area contributed by atoms with Crippen LogP contribution in [0.4, 0.5) is 0 Å². The smallest absolute Gasteiger partial charge is 0.355 e. The first kappa shape index (κ1) is 14.6. The zero-order valence-corrected chi connectivity index (χ0v) is 12.9. The number of rotatable bonds is 3. The van der Waals surface area contributed by atoms with Gasteiger partial charge in [0.25, 0.3) is 0 Å². The summed E-state index contributed by atoms with van der Waals surface area (Å²) in [5, 5.41) is 10.0. The molecular weight excluding hydrogens is 318 g/mol. The first-order chi connectivity index (χ1) is 10.7. The minimum absolute atomic E-state index is 0.251. The molecule has 0 bridgehead atoms. The molecule has 22 heavy (non-hydrogen) atoms. The maximum Gasteiger partial charge on any atom is 0.355 e. The highest BCUT2D eigenvalue weighted by molar-refractivity contribution is 7.21. The van der Waals surface area contributed by atoms with Gasteiger partial charge in [0, 0.05) is 10.1 Å². The summed E-state index contributed by atoms with van der Waals surface area (Å²) in [6, 6.07) is 16.5. The molecular formula is C17H10ClNO2S. The van der Waals surface area contributed by atoms with Gasteiger partial charge in [-0.1, -0.05) is 41.9 Å². The third-order valence-corrected chi connectivity index (χ3v) is 4.78. The summed E-state index contributed by atoms with van der Waals surface area (Å²) in [7, 11) is 0. The Balaban J connectivity index is 2.01. The van der Waals surface area contributed by atoms with Crippen LogP contribution in [0, 0.1) is 11.3 Å². The Morgan fingerprint density at radius 2 is 1.95 bits per heavy atom. The van der Waals surface area contributed by atoms with Crippen LogP contribution < -0.4 is 4.74 Å². The molecule has 5 heteroatoms. The predicted molar refractivity (Wildman–Crippen MR) is 87.6 cm³/mol. The Kier molecular flexibility index (Phi) is 4.10. The number of nitriles is 1. The summed E-state index contributed by atoms with van der Waals surface area (Å²) >= 11 is 7.63. The third-order valence-electron chi connectivity index (χ3n) is 3.15. The first-order valence-electron chi connectivity index (χ1n) is 6.55. The van der Waals surface area contributed by atoms with Crippen molar-refractivity contribution >= 4 is 39.0 Å². The summed E-state index contributed by atoms with van der Waals surface area (Å²) in [6.07, 6.45) is 0.251. The Morgan fingerprint density at radius 3 is 2.68 bits per heavy atom. The van der Waals surface area contributed by atoms with Gasteiger partial charge in [0.05, 0.1) is 17.5 Å². The summed E-state index contributed by atoms with van der Waals surface area (Å²) in [4.78, 5) is 12.7. The summed E-state index contributed by atoms with van der Waals surface area (Å²) in [6.45, 7) is 0. The molecule has 0 atom stereocenters. The number of fused-ring (bicyclic) bond motifs is 1. The van der Waals surface area contributed by atoms with Crippen molar-refractivity contribution in [2.75, 3.05) is 0 Å². The van der Waals surface area contributed by atoms with E-state index in [1.54, 1.807) is 24.3 Å². The van der Waals surface area contributed by atoms with Gasteiger partial charge < -0.3 is 4.74 Å². The van der Waals surface area contributed by atoms with E-state index >= 15 is 0 Å². The summed E-state index contributed by atoms with van der Waals surface area (Å²) in [5.41, 5.74) is 0.819. The average molecular weight is 328 g/mol. The molecule has 0 unspecified atom stereocenters. The van der Waals surface area contributed by atoms with Gasteiger partial charge in [-0.15, -0.1) is 11.3 Å². The van der Waals surface area contributed by atoms with E-state index in [0.29, 0.717) is 15.6 Å². The second-order valence-electron chi connectivity index (χ2n) is 4.57. The van der Waals surface area contributed by atoms with Crippen LogP contribution in [0.1, 0.15) is 15.2 Å². The number of hydrogen-bond donors (Lipinski definition) is 0. The molecule has 0 N–H and O–H groups in total. The first-order valence-corrected chi connectivity index (χ1v) is 7.74. The number of hydrogen-bond acceptors (Lipinski definition) is 4. The van der Waals surface area contributed by atoms with Gasteiger partial charge in [-0.3, -0.25) is 0 Å². The van der Waals surface area contributed by atoms with Gasteiger partial charge in [0.15, 0.2) is 0 Å². The van der Waals surface area contributed by atoms with E-state index in [2.05, 4.69) is 6.07 Å². The van der Waals surface area contributed by atoms with Crippen molar-refractivity contribution < 1.29 is 9.53 Å². The van der Waals surface area contributed by atoms with Crippen molar-refractivity contribution in [2.45, 2.75) is 6.42 Å². The van der Waals surface area contributed by atoms with Crippen LogP contribution in [0.5, 0.6) is 5.75 Å².